The minimum atomic E-state index is -0.308. The van der Waals surface area contributed by atoms with Gasteiger partial charge in [0.25, 0.3) is 0 Å². The van der Waals surface area contributed by atoms with Crippen molar-refractivity contribution in [2.75, 3.05) is 26.2 Å². The Hall–Kier alpha value is -1.85. The van der Waals surface area contributed by atoms with Gasteiger partial charge in [-0.2, -0.15) is 5.10 Å². The molecule has 0 bridgehead atoms. The van der Waals surface area contributed by atoms with Crippen molar-refractivity contribution in [1.29, 1.82) is 0 Å². The quantitative estimate of drug-likeness (QED) is 0.798. The second-order valence-electron chi connectivity index (χ2n) is 8.91. The smallest absolute Gasteiger partial charge is 0.230 e. The Labute approximate surface area is 161 Å². The molecule has 1 spiro atoms. The Morgan fingerprint density at radius 3 is 2.63 bits per heavy atom. The molecule has 6 nitrogen and oxygen atoms in total. The minimum absolute atomic E-state index is 0.157. The van der Waals surface area contributed by atoms with E-state index in [-0.39, 0.29) is 11.3 Å². The van der Waals surface area contributed by atoms with Crippen LogP contribution in [0.5, 0.6) is 0 Å². The van der Waals surface area contributed by atoms with E-state index in [9.17, 15) is 9.59 Å². The van der Waals surface area contributed by atoms with Crippen LogP contribution in [-0.2, 0) is 16.1 Å². The van der Waals surface area contributed by atoms with Crippen molar-refractivity contribution < 1.29 is 9.59 Å². The summed E-state index contributed by atoms with van der Waals surface area (Å²) in [6.07, 6.45) is 5.84. The molecule has 1 aromatic rings. The fraction of sp³-hybridized carbons (Fsp3) is 0.762. The van der Waals surface area contributed by atoms with Crippen molar-refractivity contribution in [3.05, 3.63) is 17.0 Å². The lowest BCUT2D eigenvalue weighted by molar-refractivity contribution is -0.146. The number of hydrogen-bond acceptors (Lipinski definition) is 3. The summed E-state index contributed by atoms with van der Waals surface area (Å²) in [7, 11) is 0. The summed E-state index contributed by atoms with van der Waals surface area (Å²) in [4.78, 5) is 29.9. The molecule has 1 aromatic heterocycles. The normalized spacial score (nSPS) is 25.7. The first-order chi connectivity index (χ1) is 12.9. The monoisotopic (exact) mass is 372 g/mol. The third-order valence-corrected chi connectivity index (χ3v) is 6.99. The van der Waals surface area contributed by atoms with Crippen LogP contribution >= 0.6 is 0 Å². The summed E-state index contributed by atoms with van der Waals surface area (Å²) in [6.45, 7) is 9.92. The molecule has 1 atom stereocenters. The van der Waals surface area contributed by atoms with E-state index in [1.165, 1.54) is 18.4 Å². The van der Waals surface area contributed by atoms with Gasteiger partial charge in [-0.1, -0.05) is 0 Å². The third-order valence-electron chi connectivity index (χ3n) is 6.99. The molecule has 148 valence electrons. The molecule has 1 unspecified atom stereocenters. The number of amides is 2. The Bertz CT molecular complexity index is 752. The molecule has 27 heavy (non-hydrogen) atoms. The standard InChI is InChI=1S/C21H32N4O2/c1-15-16(2)22-25(17(15)3)11-7-19(26)24-12-9-21(14-24)8-4-10-23(20(21)27)13-18-5-6-18/h18H,4-14H2,1-3H3. The highest BCUT2D eigenvalue weighted by atomic mass is 16.2. The van der Waals surface area contributed by atoms with Gasteiger partial charge in [0.2, 0.25) is 11.8 Å². The number of carbonyl (C=O) groups is 2. The van der Waals surface area contributed by atoms with Gasteiger partial charge in [0.05, 0.1) is 11.1 Å². The fourth-order valence-electron chi connectivity index (χ4n) is 4.77. The Morgan fingerprint density at radius 1 is 1.19 bits per heavy atom. The molecular formula is C21H32N4O2. The second kappa shape index (κ2) is 6.95. The summed E-state index contributed by atoms with van der Waals surface area (Å²) in [5.74, 6) is 1.20. The first-order valence-electron chi connectivity index (χ1n) is 10.5. The molecule has 1 saturated carbocycles. The summed E-state index contributed by atoms with van der Waals surface area (Å²) in [5.41, 5.74) is 3.06. The second-order valence-corrected chi connectivity index (χ2v) is 8.91. The van der Waals surface area contributed by atoms with Crippen molar-refractivity contribution in [3.8, 4) is 0 Å². The minimum Gasteiger partial charge on any atom is -0.342 e. The van der Waals surface area contributed by atoms with Gasteiger partial charge < -0.3 is 9.80 Å². The van der Waals surface area contributed by atoms with Crippen molar-refractivity contribution in [3.63, 3.8) is 0 Å². The van der Waals surface area contributed by atoms with Gasteiger partial charge in [-0.15, -0.1) is 0 Å². The van der Waals surface area contributed by atoms with Crippen LogP contribution in [0, 0.1) is 32.1 Å². The highest BCUT2D eigenvalue weighted by Crippen LogP contribution is 2.41. The third kappa shape index (κ3) is 3.50. The number of carbonyl (C=O) groups excluding carboxylic acids is 2. The summed E-state index contributed by atoms with van der Waals surface area (Å²) < 4.78 is 1.94. The molecule has 2 amide bonds. The van der Waals surface area contributed by atoms with Crippen LogP contribution in [0.2, 0.25) is 0 Å². The van der Waals surface area contributed by atoms with Gasteiger partial charge in [0, 0.05) is 44.8 Å². The van der Waals surface area contributed by atoms with E-state index in [4.69, 9.17) is 0 Å². The van der Waals surface area contributed by atoms with Crippen LogP contribution in [0.1, 0.15) is 55.5 Å². The van der Waals surface area contributed by atoms with Gasteiger partial charge in [-0.05, 0) is 64.4 Å². The van der Waals surface area contributed by atoms with E-state index in [0.29, 0.717) is 25.4 Å². The van der Waals surface area contributed by atoms with Crippen molar-refractivity contribution in [2.24, 2.45) is 11.3 Å². The Morgan fingerprint density at radius 2 is 1.96 bits per heavy atom. The average molecular weight is 373 g/mol. The van der Waals surface area contributed by atoms with Gasteiger partial charge in [0.1, 0.15) is 0 Å². The lowest BCUT2D eigenvalue weighted by atomic mass is 9.78. The van der Waals surface area contributed by atoms with Gasteiger partial charge >= 0.3 is 0 Å². The molecule has 0 N–H and O–H groups in total. The van der Waals surface area contributed by atoms with E-state index in [0.717, 1.165) is 56.2 Å². The number of nitrogens with zero attached hydrogens (tertiary/aromatic N) is 4. The van der Waals surface area contributed by atoms with Crippen LogP contribution in [0.25, 0.3) is 0 Å². The molecule has 6 heteroatoms. The first kappa shape index (κ1) is 18.5. The largest absolute Gasteiger partial charge is 0.342 e. The summed E-state index contributed by atoms with van der Waals surface area (Å²) in [6, 6.07) is 0. The SMILES string of the molecule is Cc1nn(CCC(=O)N2CCC3(CCCN(CC4CC4)C3=O)C2)c(C)c1C. The average Bonchev–Trinajstić information content (AvgIpc) is 3.32. The Kier molecular flexibility index (Phi) is 4.77. The molecule has 3 aliphatic rings. The predicted octanol–water partition coefficient (Wildman–Crippen LogP) is 2.45. The maximum atomic E-state index is 13.1. The van der Waals surface area contributed by atoms with Crippen LogP contribution < -0.4 is 0 Å². The van der Waals surface area contributed by atoms with Crippen molar-refractivity contribution >= 4 is 11.8 Å². The van der Waals surface area contributed by atoms with E-state index in [2.05, 4.69) is 23.8 Å². The van der Waals surface area contributed by atoms with Gasteiger partial charge in [0.15, 0.2) is 0 Å². The van der Waals surface area contributed by atoms with E-state index < -0.39 is 0 Å². The zero-order valence-corrected chi connectivity index (χ0v) is 17.0. The first-order valence-corrected chi connectivity index (χ1v) is 10.5. The lowest BCUT2D eigenvalue weighted by Gasteiger charge is -2.39. The molecule has 1 aliphatic carbocycles. The molecule has 2 saturated heterocycles. The van der Waals surface area contributed by atoms with E-state index in [1.807, 2.05) is 16.5 Å². The summed E-state index contributed by atoms with van der Waals surface area (Å²) in [5, 5.41) is 4.53. The zero-order valence-electron chi connectivity index (χ0n) is 17.0. The number of piperidine rings is 1. The van der Waals surface area contributed by atoms with E-state index >= 15 is 0 Å². The van der Waals surface area contributed by atoms with Crippen LogP contribution in [0.3, 0.4) is 0 Å². The molecule has 3 fully saturated rings. The Balaban J connectivity index is 1.36. The topological polar surface area (TPSA) is 58.4 Å². The number of likely N-dealkylation sites (tertiary alicyclic amines) is 2. The maximum Gasteiger partial charge on any atom is 0.230 e. The number of aryl methyl sites for hydroxylation is 2. The van der Waals surface area contributed by atoms with Gasteiger partial charge in [-0.3, -0.25) is 14.3 Å². The molecular weight excluding hydrogens is 340 g/mol. The number of hydrogen-bond donors (Lipinski definition) is 0. The molecule has 0 aromatic carbocycles. The van der Waals surface area contributed by atoms with Gasteiger partial charge in [-0.25, -0.2) is 0 Å². The predicted molar refractivity (Wildman–Crippen MR) is 103 cm³/mol. The number of rotatable bonds is 5. The van der Waals surface area contributed by atoms with Crippen LogP contribution in [-0.4, -0.2) is 57.6 Å². The lowest BCUT2D eigenvalue weighted by Crippen LogP contribution is -2.51. The number of aromatic nitrogens is 2. The highest BCUT2D eigenvalue weighted by Gasteiger charge is 2.49. The molecule has 3 heterocycles. The van der Waals surface area contributed by atoms with E-state index in [1.54, 1.807) is 0 Å². The summed E-state index contributed by atoms with van der Waals surface area (Å²) >= 11 is 0. The highest BCUT2D eigenvalue weighted by molar-refractivity contribution is 5.86. The van der Waals surface area contributed by atoms with Crippen molar-refractivity contribution in [1.82, 2.24) is 19.6 Å². The van der Waals surface area contributed by atoms with Crippen LogP contribution in [0.15, 0.2) is 0 Å². The molecule has 2 aliphatic heterocycles. The van der Waals surface area contributed by atoms with Crippen LogP contribution in [0.4, 0.5) is 0 Å². The fourth-order valence-corrected chi connectivity index (χ4v) is 4.77. The zero-order chi connectivity index (χ0) is 19.2. The molecule has 0 radical (unpaired) electrons. The molecule has 4 rings (SSSR count). The van der Waals surface area contributed by atoms with Crippen molar-refractivity contribution in [2.45, 2.75) is 65.8 Å². The maximum absolute atomic E-state index is 13.1.